The lowest BCUT2D eigenvalue weighted by Crippen LogP contribution is -2.36. The summed E-state index contributed by atoms with van der Waals surface area (Å²) in [5.41, 5.74) is 0.346. The number of hydrogen-bond acceptors (Lipinski definition) is 7. The molecule has 1 aliphatic carbocycles. The highest BCUT2D eigenvalue weighted by molar-refractivity contribution is 7.18. The number of hydrogen-bond donors (Lipinski definition) is 1. The molecule has 1 amide bonds. The highest BCUT2D eigenvalue weighted by atomic mass is 32.1. The maximum Gasteiger partial charge on any atom is 0.313 e. The Bertz CT molecular complexity index is 856. The van der Waals surface area contributed by atoms with Gasteiger partial charge in [0, 0.05) is 19.4 Å². The number of aromatic nitrogens is 1. The van der Waals surface area contributed by atoms with Gasteiger partial charge >= 0.3 is 11.9 Å². The second-order valence-corrected chi connectivity index (χ2v) is 8.69. The number of esters is 2. The summed E-state index contributed by atoms with van der Waals surface area (Å²) in [6.45, 7) is 2.13. The monoisotopic (exact) mass is 432 g/mol. The largest absolute Gasteiger partial charge is 0.466 e. The molecule has 1 aliphatic rings. The molecule has 0 saturated heterocycles. The first-order chi connectivity index (χ1) is 14.5. The van der Waals surface area contributed by atoms with Gasteiger partial charge in [0.1, 0.15) is 0 Å². The predicted molar refractivity (Wildman–Crippen MR) is 114 cm³/mol. The van der Waals surface area contributed by atoms with Gasteiger partial charge in [-0.3, -0.25) is 14.4 Å². The standard InChI is InChI=1S/C22H28N2O5S/c1-2-28-20(26)10-7-13-23-18(25)15-29-21(27)22(11-5-6-12-22)14-19-24-16-8-3-4-9-17(16)30-19/h3-4,8-9H,2,5-7,10-15H2,1H3,(H,23,25). The SMILES string of the molecule is CCOC(=O)CCCNC(=O)COC(=O)C1(Cc2nc3ccccc3s2)CCCC1. The van der Waals surface area contributed by atoms with Crippen LogP contribution >= 0.6 is 11.3 Å². The first-order valence-electron chi connectivity index (χ1n) is 10.5. The van der Waals surface area contributed by atoms with Gasteiger partial charge in [0.05, 0.1) is 27.2 Å². The predicted octanol–water partition coefficient (Wildman–Crippen LogP) is 3.40. The first kappa shape index (κ1) is 22.2. The minimum atomic E-state index is -0.599. The van der Waals surface area contributed by atoms with Gasteiger partial charge < -0.3 is 14.8 Å². The Balaban J connectivity index is 1.49. The van der Waals surface area contributed by atoms with Gasteiger partial charge in [0.2, 0.25) is 0 Å². The van der Waals surface area contributed by atoms with Gasteiger partial charge in [-0.2, -0.15) is 0 Å². The molecule has 162 valence electrons. The fraction of sp³-hybridized carbons (Fsp3) is 0.545. The molecule has 7 nitrogen and oxygen atoms in total. The van der Waals surface area contributed by atoms with Crippen LogP contribution in [0.4, 0.5) is 0 Å². The van der Waals surface area contributed by atoms with Crippen LogP contribution in [0.3, 0.4) is 0 Å². The molecule has 1 aromatic heterocycles. The zero-order chi connectivity index (χ0) is 21.4. The molecule has 30 heavy (non-hydrogen) atoms. The first-order valence-corrected chi connectivity index (χ1v) is 11.3. The van der Waals surface area contributed by atoms with Crippen LogP contribution in [0.15, 0.2) is 24.3 Å². The van der Waals surface area contributed by atoms with Crippen LogP contribution < -0.4 is 5.32 Å². The summed E-state index contributed by atoms with van der Waals surface area (Å²) in [7, 11) is 0. The number of nitrogens with zero attached hydrogens (tertiary/aromatic N) is 1. The minimum Gasteiger partial charge on any atom is -0.466 e. The summed E-state index contributed by atoms with van der Waals surface area (Å²) in [5, 5.41) is 3.60. The van der Waals surface area contributed by atoms with E-state index in [9.17, 15) is 14.4 Å². The van der Waals surface area contributed by atoms with Crippen LogP contribution in [0.25, 0.3) is 10.2 Å². The van der Waals surface area contributed by atoms with Gasteiger partial charge in [-0.25, -0.2) is 4.98 Å². The third-order valence-electron chi connectivity index (χ3n) is 5.34. The molecule has 0 atom stereocenters. The molecule has 1 heterocycles. The third-order valence-corrected chi connectivity index (χ3v) is 6.38. The summed E-state index contributed by atoms with van der Waals surface area (Å²) >= 11 is 1.61. The molecule has 1 N–H and O–H groups in total. The lowest BCUT2D eigenvalue weighted by molar-refractivity contribution is -0.158. The maximum absolute atomic E-state index is 12.9. The van der Waals surface area contributed by atoms with Crippen molar-refractivity contribution < 1.29 is 23.9 Å². The lowest BCUT2D eigenvalue weighted by atomic mass is 9.83. The molecule has 0 aliphatic heterocycles. The van der Waals surface area contributed by atoms with Crippen LogP contribution in [-0.2, 0) is 30.3 Å². The zero-order valence-corrected chi connectivity index (χ0v) is 18.1. The summed E-state index contributed by atoms with van der Waals surface area (Å²) in [6, 6.07) is 7.94. The molecule has 0 spiro atoms. The van der Waals surface area contributed by atoms with Crippen molar-refractivity contribution in [2.75, 3.05) is 19.8 Å². The van der Waals surface area contributed by atoms with Crippen LogP contribution in [0.5, 0.6) is 0 Å². The number of nitrogens with one attached hydrogen (secondary N) is 1. The Labute approximate surface area is 180 Å². The topological polar surface area (TPSA) is 94.6 Å². The van der Waals surface area contributed by atoms with Crippen LogP contribution in [0, 0.1) is 5.41 Å². The molecule has 1 fully saturated rings. The number of thiazole rings is 1. The Kier molecular flexibility index (Phi) is 7.79. The molecule has 1 saturated carbocycles. The molecule has 8 heteroatoms. The summed E-state index contributed by atoms with van der Waals surface area (Å²) in [4.78, 5) is 40.8. The van der Waals surface area contributed by atoms with Gasteiger partial charge in [0.25, 0.3) is 5.91 Å². The molecule has 0 radical (unpaired) electrons. The van der Waals surface area contributed by atoms with Gasteiger partial charge in [-0.1, -0.05) is 25.0 Å². The zero-order valence-electron chi connectivity index (χ0n) is 17.3. The normalized spacial score (nSPS) is 15.1. The van der Waals surface area contributed by atoms with E-state index in [0.29, 0.717) is 26.0 Å². The number of ether oxygens (including phenoxy) is 2. The Hall–Kier alpha value is -2.48. The van der Waals surface area contributed by atoms with E-state index >= 15 is 0 Å². The van der Waals surface area contributed by atoms with E-state index in [2.05, 4.69) is 10.3 Å². The Morgan fingerprint density at radius 3 is 2.67 bits per heavy atom. The van der Waals surface area contributed by atoms with Crippen molar-refractivity contribution in [3.8, 4) is 0 Å². The van der Waals surface area contributed by atoms with Gasteiger partial charge in [0.15, 0.2) is 6.61 Å². The van der Waals surface area contributed by atoms with Crippen LogP contribution in [0.1, 0.15) is 50.5 Å². The van der Waals surface area contributed by atoms with E-state index in [0.717, 1.165) is 40.9 Å². The van der Waals surface area contributed by atoms with Gasteiger partial charge in [-0.05, 0) is 38.3 Å². The number of carbonyl (C=O) groups excluding carboxylic acids is 3. The number of carbonyl (C=O) groups is 3. The smallest absolute Gasteiger partial charge is 0.313 e. The molecule has 0 bridgehead atoms. The molecule has 3 rings (SSSR count). The summed E-state index contributed by atoms with van der Waals surface area (Å²) in [5.74, 6) is -0.961. The van der Waals surface area contributed by atoms with Crippen LogP contribution in [-0.4, -0.2) is 42.6 Å². The third kappa shape index (κ3) is 5.78. The number of fused-ring (bicyclic) bond motifs is 1. The molecular formula is C22H28N2O5S. The van der Waals surface area contributed by atoms with Crippen molar-refractivity contribution in [3.63, 3.8) is 0 Å². The summed E-state index contributed by atoms with van der Waals surface area (Å²) < 4.78 is 11.3. The van der Waals surface area contributed by atoms with E-state index in [1.54, 1.807) is 18.3 Å². The fourth-order valence-electron chi connectivity index (χ4n) is 3.82. The Morgan fingerprint density at radius 2 is 1.93 bits per heavy atom. The van der Waals surface area contributed by atoms with Crippen molar-refractivity contribution in [1.29, 1.82) is 0 Å². The second kappa shape index (κ2) is 10.5. The fourth-order valence-corrected chi connectivity index (χ4v) is 4.93. The number of amides is 1. The maximum atomic E-state index is 12.9. The highest BCUT2D eigenvalue weighted by Crippen LogP contribution is 2.43. The minimum absolute atomic E-state index is 0.249. The van der Waals surface area contributed by atoms with E-state index in [1.807, 2.05) is 24.3 Å². The Morgan fingerprint density at radius 1 is 1.17 bits per heavy atom. The molecule has 0 unspecified atom stereocenters. The average Bonchev–Trinajstić information content (AvgIpc) is 3.37. The average molecular weight is 433 g/mol. The van der Waals surface area contributed by atoms with E-state index in [-0.39, 0.29) is 30.9 Å². The molecule has 2 aromatic rings. The van der Waals surface area contributed by atoms with E-state index in [4.69, 9.17) is 9.47 Å². The second-order valence-electron chi connectivity index (χ2n) is 7.57. The van der Waals surface area contributed by atoms with E-state index in [1.165, 1.54) is 0 Å². The number of para-hydroxylation sites is 1. The van der Waals surface area contributed by atoms with Crippen molar-refractivity contribution in [2.45, 2.75) is 51.9 Å². The molecular weight excluding hydrogens is 404 g/mol. The number of benzene rings is 1. The lowest BCUT2D eigenvalue weighted by Gasteiger charge is -2.25. The molecule has 1 aromatic carbocycles. The van der Waals surface area contributed by atoms with Crippen LogP contribution in [0.2, 0.25) is 0 Å². The van der Waals surface area contributed by atoms with E-state index < -0.39 is 5.41 Å². The quantitative estimate of drug-likeness (QED) is 0.457. The van der Waals surface area contributed by atoms with Crippen molar-refractivity contribution in [1.82, 2.24) is 10.3 Å². The van der Waals surface area contributed by atoms with Crippen molar-refractivity contribution >= 4 is 39.4 Å². The number of rotatable bonds is 10. The van der Waals surface area contributed by atoms with Crippen molar-refractivity contribution in [3.05, 3.63) is 29.3 Å². The van der Waals surface area contributed by atoms with Gasteiger partial charge in [-0.15, -0.1) is 11.3 Å². The highest BCUT2D eigenvalue weighted by Gasteiger charge is 2.43. The van der Waals surface area contributed by atoms with Crippen molar-refractivity contribution in [2.24, 2.45) is 5.41 Å². The summed E-state index contributed by atoms with van der Waals surface area (Å²) in [6.07, 6.45) is 4.73.